The van der Waals surface area contributed by atoms with Crippen LogP contribution in [0.1, 0.15) is 40.0 Å². The number of aliphatic hydroxyl groups is 1. The van der Waals surface area contributed by atoms with E-state index in [2.05, 4.69) is 20.8 Å². The van der Waals surface area contributed by atoms with Crippen molar-refractivity contribution in [3.63, 3.8) is 0 Å². The maximum absolute atomic E-state index is 13.4. The van der Waals surface area contributed by atoms with E-state index in [1.807, 2.05) is 6.08 Å². The highest BCUT2D eigenvalue weighted by Gasteiger charge is 2.68. The first-order valence-electron chi connectivity index (χ1n) is 11.2. The molecule has 7 nitrogen and oxygen atoms in total. The Morgan fingerprint density at radius 2 is 1.87 bits per heavy atom. The predicted octanol–water partition coefficient (Wildman–Crippen LogP) is 2.63. The summed E-state index contributed by atoms with van der Waals surface area (Å²) in [5.41, 5.74) is -0.768. The molecule has 0 aromatic carbocycles. The second kappa shape index (κ2) is 7.71. The number of fused-ring (bicyclic) bond motifs is 1. The molecule has 2 bridgehead atoms. The lowest BCUT2D eigenvalue weighted by atomic mass is 9.60. The van der Waals surface area contributed by atoms with Gasteiger partial charge in [0.2, 0.25) is 5.79 Å². The highest BCUT2D eigenvalue weighted by molar-refractivity contribution is 6.00. The normalized spacial score (nSPS) is 40.8. The molecule has 0 saturated heterocycles. The van der Waals surface area contributed by atoms with Crippen molar-refractivity contribution in [2.24, 2.45) is 35.5 Å². The van der Waals surface area contributed by atoms with Crippen LogP contribution in [0.15, 0.2) is 23.5 Å². The van der Waals surface area contributed by atoms with Gasteiger partial charge in [-0.1, -0.05) is 33.3 Å². The summed E-state index contributed by atoms with van der Waals surface area (Å²) in [6.45, 7) is 6.40. The lowest BCUT2D eigenvalue weighted by molar-refractivity contribution is -0.258. The van der Waals surface area contributed by atoms with Gasteiger partial charge in [-0.25, -0.2) is 4.79 Å². The van der Waals surface area contributed by atoms with Crippen molar-refractivity contribution >= 4 is 11.8 Å². The van der Waals surface area contributed by atoms with E-state index in [-0.39, 0.29) is 23.5 Å². The minimum absolute atomic E-state index is 0.0612. The molecule has 1 heterocycles. The van der Waals surface area contributed by atoms with Crippen LogP contribution >= 0.6 is 0 Å². The lowest BCUT2D eigenvalue weighted by Crippen LogP contribution is -2.66. The van der Waals surface area contributed by atoms with Gasteiger partial charge in [-0.2, -0.15) is 0 Å². The van der Waals surface area contributed by atoms with Gasteiger partial charge in [0.25, 0.3) is 0 Å². The summed E-state index contributed by atoms with van der Waals surface area (Å²) in [4.78, 5) is 25.9. The third-order valence-corrected chi connectivity index (χ3v) is 7.98. The largest absolute Gasteiger partial charge is 0.490 e. The van der Waals surface area contributed by atoms with Gasteiger partial charge in [-0.05, 0) is 36.7 Å². The van der Waals surface area contributed by atoms with Gasteiger partial charge >= 0.3 is 5.97 Å². The van der Waals surface area contributed by atoms with Gasteiger partial charge < -0.3 is 24.1 Å². The van der Waals surface area contributed by atoms with Crippen LogP contribution in [0.2, 0.25) is 0 Å². The summed E-state index contributed by atoms with van der Waals surface area (Å²) in [5, 5.41) is 11.9. The summed E-state index contributed by atoms with van der Waals surface area (Å²) in [5.74, 6) is -2.86. The van der Waals surface area contributed by atoms with Gasteiger partial charge in [-0.3, -0.25) is 4.79 Å². The first-order chi connectivity index (χ1) is 14.6. The molecule has 5 rings (SSSR count). The van der Waals surface area contributed by atoms with Crippen molar-refractivity contribution in [3.05, 3.63) is 23.5 Å². The van der Waals surface area contributed by atoms with Crippen molar-refractivity contribution in [3.8, 4) is 0 Å². The third kappa shape index (κ3) is 3.04. The molecule has 0 radical (unpaired) electrons. The zero-order chi connectivity index (χ0) is 22.7. The second-order valence-electron chi connectivity index (χ2n) is 9.91. The number of carbonyl (C=O) groups excluding carboxylic acids is 2. The molecular weight excluding hydrogens is 400 g/mol. The molecule has 4 aliphatic carbocycles. The number of rotatable bonds is 5. The number of Topliss-reactive ketones (excluding diaryl/α,β-unsaturated/α-hetero) is 1. The smallest absolute Gasteiger partial charge is 0.334 e. The van der Waals surface area contributed by atoms with E-state index in [4.69, 9.17) is 18.9 Å². The number of esters is 1. The molecule has 0 spiro atoms. The molecule has 0 aromatic rings. The first-order valence-corrected chi connectivity index (χ1v) is 11.2. The number of hydrogen-bond acceptors (Lipinski definition) is 7. The van der Waals surface area contributed by atoms with Crippen molar-refractivity contribution in [2.45, 2.75) is 57.5 Å². The minimum atomic E-state index is -1.62. The maximum Gasteiger partial charge on any atom is 0.334 e. The van der Waals surface area contributed by atoms with Crippen LogP contribution in [0.3, 0.4) is 0 Å². The van der Waals surface area contributed by atoms with Crippen LogP contribution in [0.5, 0.6) is 0 Å². The van der Waals surface area contributed by atoms with E-state index < -0.39 is 35.3 Å². The molecular formula is C24H34O7. The number of allylic oxidation sites excluding steroid dienone is 1. The number of carbonyl (C=O) groups is 2. The van der Waals surface area contributed by atoms with Gasteiger partial charge in [0.05, 0.1) is 18.9 Å². The van der Waals surface area contributed by atoms with Crippen LogP contribution in [-0.2, 0) is 28.5 Å². The molecule has 0 aromatic heterocycles. The summed E-state index contributed by atoms with van der Waals surface area (Å²) in [6.07, 6.45) is 5.65. The van der Waals surface area contributed by atoms with Crippen molar-refractivity contribution in [1.82, 2.24) is 0 Å². The molecule has 0 unspecified atom stereocenters. The Bertz CT molecular complexity index is 824. The van der Waals surface area contributed by atoms with E-state index in [9.17, 15) is 14.7 Å². The monoisotopic (exact) mass is 434 g/mol. The molecule has 7 atom stereocenters. The third-order valence-electron chi connectivity index (χ3n) is 7.98. The van der Waals surface area contributed by atoms with Crippen LogP contribution < -0.4 is 0 Å². The Labute approximate surface area is 183 Å². The molecule has 0 amide bonds. The van der Waals surface area contributed by atoms with Gasteiger partial charge in [-0.15, -0.1) is 0 Å². The van der Waals surface area contributed by atoms with Crippen LogP contribution in [0.4, 0.5) is 0 Å². The Morgan fingerprint density at radius 1 is 1.19 bits per heavy atom. The summed E-state index contributed by atoms with van der Waals surface area (Å²) in [6, 6.07) is 0. The Hall–Kier alpha value is -1.70. The summed E-state index contributed by atoms with van der Waals surface area (Å²) in [7, 11) is 4.12. The number of ether oxygens (including phenoxy) is 4. The molecule has 2 fully saturated rings. The van der Waals surface area contributed by atoms with Crippen molar-refractivity contribution < 1.29 is 33.6 Å². The van der Waals surface area contributed by atoms with Gasteiger partial charge in [0.15, 0.2) is 5.78 Å². The van der Waals surface area contributed by atoms with E-state index in [1.54, 1.807) is 6.08 Å². The van der Waals surface area contributed by atoms with Crippen molar-refractivity contribution in [1.29, 1.82) is 0 Å². The standard InChI is InChI=1S/C24H34O7/c1-12(2)17-8-7-13(3)11-23(17,27)18-10-14-15-9-16(22(26)28-4)19(20(14)31-18)24(29-5,30-6)21(15)25/h9-10,12-15,17,19-20,27H,7-8,11H2,1-6H3/t13-,14-,15+,17+,19-,20-,23+/m1/s1. The lowest BCUT2D eigenvalue weighted by Gasteiger charge is -2.51. The SMILES string of the molecule is COC(=O)C1=C[C@@H]2C(=O)C(OC)(OC)[C@H]1[C@@H]1OC([C@]3(O)C[C@H](C)CC[C@H]3C(C)C)=C[C@@H]12. The highest BCUT2D eigenvalue weighted by Crippen LogP contribution is 2.57. The highest BCUT2D eigenvalue weighted by atomic mass is 16.7. The van der Waals surface area contributed by atoms with Crippen LogP contribution in [-0.4, -0.2) is 55.7 Å². The fourth-order valence-corrected chi connectivity index (χ4v) is 6.53. The zero-order valence-electron chi connectivity index (χ0n) is 19.2. The van der Waals surface area contributed by atoms with Crippen LogP contribution in [0.25, 0.3) is 0 Å². The quantitative estimate of drug-likeness (QED) is 0.525. The molecule has 5 aliphatic rings. The van der Waals surface area contributed by atoms with Gasteiger partial charge in [0.1, 0.15) is 17.5 Å². The van der Waals surface area contributed by atoms with E-state index >= 15 is 0 Å². The Kier molecular flexibility index (Phi) is 5.59. The number of methoxy groups -OCH3 is 3. The molecule has 7 heteroatoms. The summed E-state index contributed by atoms with van der Waals surface area (Å²) < 4.78 is 22.6. The van der Waals surface area contributed by atoms with E-state index in [1.165, 1.54) is 21.3 Å². The second-order valence-corrected chi connectivity index (χ2v) is 9.91. The molecule has 31 heavy (non-hydrogen) atoms. The Balaban J connectivity index is 1.76. The first kappa shape index (κ1) is 22.5. The average Bonchev–Trinajstić information content (AvgIpc) is 3.20. The minimum Gasteiger partial charge on any atom is -0.490 e. The average molecular weight is 435 g/mol. The van der Waals surface area contributed by atoms with Crippen molar-refractivity contribution in [2.75, 3.05) is 21.3 Å². The zero-order valence-corrected chi connectivity index (χ0v) is 19.2. The summed E-state index contributed by atoms with van der Waals surface area (Å²) >= 11 is 0. The van der Waals surface area contributed by atoms with Gasteiger partial charge in [0, 0.05) is 25.7 Å². The number of hydrogen-bond donors (Lipinski definition) is 1. The fourth-order valence-electron chi connectivity index (χ4n) is 6.53. The fraction of sp³-hybridized carbons (Fsp3) is 0.750. The molecule has 2 saturated carbocycles. The van der Waals surface area contributed by atoms with E-state index in [0.717, 1.165) is 12.8 Å². The maximum atomic E-state index is 13.4. The number of ketones is 1. The molecule has 172 valence electrons. The Morgan fingerprint density at radius 3 is 2.45 bits per heavy atom. The predicted molar refractivity (Wildman–Crippen MR) is 112 cm³/mol. The molecule has 1 N–H and O–H groups in total. The van der Waals surface area contributed by atoms with Crippen LogP contribution in [0, 0.1) is 35.5 Å². The van der Waals surface area contributed by atoms with E-state index in [0.29, 0.717) is 23.7 Å². The molecule has 1 aliphatic heterocycles. The topological polar surface area (TPSA) is 91.3 Å².